The Kier molecular flexibility index (Phi) is 5.74. The Hall–Kier alpha value is -2.42. The van der Waals surface area contributed by atoms with Crippen LogP contribution in [0.25, 0.3) is 0 Å². The van der Waals surface area contributed by atoms with Crippen molar-refractivity contribution < 1.29 is 19.4 Å². The van der Waals surface area contributed by atoms with E-state index in [2.05, 4.69) is 24.6 Å². The van der Waals surface area contributed by atoms with Gasteiger partial charge in [-0.15, -0.1) is 11.3 Å². The van der Waals surface area contributed by atoms with Gasteiger partial charge in [-0.3, -0.25) is 16.1 Å². The number of thiophene rings is 1. The molecule has 0 radical (unpaired) electrons. The quantitative estimate of drug-likeness (QED) is 0.435. The molecule has 0 aliphatic heterocycles. The van der Waals surface area contributed by atoms with Crippen molar-refractivity contribution in [2.24, 2.45) is 11.3 Å². The number of aryl methyl sites for hydroxylation is 1. The maximum absolute atomic E-state index is 13.0. The normalized spacial score (nSPS) is 15.0. The van der Waals surface area contributed by atoms with E-state index in [0.717, 1.165) is 23.3 Å². The summed E-state index contributed by atoms with van der Waals surface area (Å²) in [6.07, 6.45) is 2.51. The summed E-state index contributed by atoms with van der Waals surface area (Å²) >= 11 is 1.36. The highest BCUT2D eigenvalue weighted by atomic mass is 32.1. The van der Waals surface area contributed by atoms with Crippen LogP contribution in [0.3, 0.4) is 0 Å². The number of hydrazine groups is 1. The zero-order chi connectivity index (χ0) is 20.5. The van der Waals surface area contributed by atoms with Crippen molar-refractivity contribution in [1.82, 2.24) is 5.43 Å². The number of rotatable bonds is 6. The number of benzene rings is 1. The predicted octanol–water partition coefficient (Wildman–Crippen LogP) is 3.19. The van der Waals surface area contributed by atoms with Crippen molar-refractivity contribution in [3.05, 3.63) is 45.3 Å². The fourth-order valence-electron chi connectivity index (χ4n) is 3.56. The Morgan fingerprint density at radius 3 is 2.75 bits per heavy atom. The van der Waals surface area contributed by atoms with Crippen LogP contribution in [0.4, 0.5) is 5.00 Å². The molecule has 0 bridgehead atoms. The minimum Gasteiger partial charge on any atom is -0.497 e. The van der Waals surface area contributed by atoms with Gasteiger partial charge in [-0.25, -0.2) is 4.79 Å². The predicted molar refractivity (Wildman–Crippen MR) is 109 cm³/mol. The van der Waals surface area contributed by atoms with Gasteiger partial charge in [0.2, 0.25) is 0 Å². The van der Waals surface area contributed by atoms with Crippen LogP contribution in [0, 0.1) is 5.41 Å². The van der Waals surface area contributed by atoms with Crippen LogP contribution < -0.4 is 21.3 Å². The first-order chi connectivity index (χ1) is 13.3. The third kappa shape index (κ3) is 4.04. The van der Waals surface area contributed by atoms with Crippen LogP contribution in [0.5, 0.6) is 5.75 Å². The average molecular weight is 404 g/mol. The summed E-state index contributed by atoms with van der Waals surface area (Å²) < 4.78 is 5.22. The highest BCUT2D eigenvalue weighted by molar-refractivity contribution is 7.17. The second-order valence-electron chi connectivity index (χ2n) is 7.71. The smallest absolute Gasteiger partial charge is 0.339 e. The summed E-state index contributed by atoms with van der Waals surface area (Å²) in [5.74, 6) is 4.56. The summed E-state index contributed by atoms with van der Waals surface area (Å²) in [4.78, 5) is 26.0. The zero-order valence-electron chi connectivity index (χ0n) is 16.2. The molecule has 8 heteroatoms. The van der Waals surface area contributed by atoms with Crippen LogP contribution in [0.15, 0.2) is 18.2 Å². The number of ether oxygens (including phenoxy) is 1. The number of amides is 1. The molecule has 0 fully saturated rings. The highest BCUT2D eigenvalue weighted by Crippen LogP contribution is 2.44. The summed E-state index contributed by atoms with van der Waals surface area (Å²) in [6, 6.07) is 5.13. The molecule has 150 valence electrons. The van der Waals surface area contributed by atoms with E-state index >= 15 is 0 Å². The van der Waals surface area contributed by atoms with E-state index in [4.69, 9.17) is 10.6 Å². The van der Waals surface area contributed by atoms with E-state index in [1.807, 2.05) is 0 Å². The molecule has 1 aliphatic rings. The van der Waals surface area contributed by atoms with E-state index in [1.54, 1.807) is 18.2 Å². The van der Waals surface area contributed by atoms with Gasteiger partial charge in [0.1, 0.15) is 10.8 Å². The molecule has 7 nitrogen and oxygen atoms in total. The average Bonchev–Trinajstić information content (AvgIpc) is 2.98. The number of anilines is 1. The van der Waals surface area contributed by atoms with Gasteiger partial charge in [-0.05, 0) is 47.9 Å². The van der Waals surface area contributed by atoms with Crippen molar-refractivity contribution >= 4 is 28.2 Å². The SMILES string of the molecule is COc1ccc(CNN)c(C(=O)Nc2sc3c(c2C(=O)O)CC(C)(C)CC3)c1. The maximum Gasteiger partial charge on any atom is 0.339 e. The summed E-state index contributed by atoms with van der Waals surface area (Å²) in [5.41, 5.74) is 4.73. The van der Waals surface area contributed by atoms with Crippen LogP contribution >= 0.6 is 11.3 Å². The molecule has 1 aliphatic carbocycles. The van der Waals surface area contributed by atoms with E-state index in [9.17, 15) is 14.7 Å². The Morgan fingerprint density at radius 1 is 1.36 bits per heavy atom. The second-order valence-corrected chi connectivity index (χ2v) is 8.82. The van der Waals surface area contributed by atoms with Crippen molar-refractivity contribution in [2.75, 3.05) is 12.4 Å². The first kappa shape index (κ1) is 20.3. The molecule has 1 aromatic heterocycles. The van der Waals surface area contributed by atoms with Gasteiger partial charge >= 0.3 is 5.97 Å². The Labute approximate surface area is 167 Å². The number of nitrogens with one attached hydrogen (secondary N) is 2. The molecule has 0 unspecified atom stereocenters. The van der Waals surface area contributed by atoms with E-state index < -0.39 is 5.97 Å². The van der Waals surface area contributed by atoms with Gasteiger partial charge in [0.05, 0.1) is 12.7 Å². The monoisotopic (exact) mass is 403 g/mol. The molecule has 28 heavy (non-hydrogen) atoms. The minimum atomic E-state index is -1.01. The fourth-order valence-corrected chi connectivity index (χ4v) is 4.77. The first-order valence-electron chi connectivity index (χ1n) is 9.05. The van der Waals surface area contributed by atoms with Crippen LogP contribution in [0.1, 0.15) is 57.0 Å². The van der Waals surface area contributed by atoms with Crippen molar-refractivity contribution in [3.8, 4) is 5.75 Å². The van der Waals surface area contributed by atoms with E-state index in [0.29, 0.717) is 34.8 Å². The lowest BCUT2D eigenvalue weighted by molar-refractivity contribution is 0.0696. The van der Waals surface area contributed by atoms with E-state index in [-0.39, 0.29) is 16.9 Å². The Bertz CT molecular complexity index is 920. The van der Waals surface area contributed by atoms with Crippen LogP contribution in [0.2, 0.25) is 0 Å². The second kappa shape index (κ2) is 7.90. The standard InChI is InChI=1S/C20H25N3O4S/c1-20(2)7-6-15-14(9-20)16(19(25)26)18(28-15)23-17(24)13-8-12(27-3)5-4-11(13)10-22-21/h4-5,8,22H,6-7,9-10,21H2,1-3H3,(H,23,24)(H,25,26). The van der Waals surface area contributed by atoms with Gasteiger partial charge in [0, 0.05) is 17.0 Å². The molecule has 0 atom stereocenters. The van der Waals surface area contributed by atoms with Crippen LogP contribution in [-0.2, 0) is 19.4 Å². The number of fused-ring (bicyclic) bond motifs is 1. The van der Waals surface area contributed by atoms with Gasteiger partial charge in [0.25, 0.3) is 5.91 Å². The number of carboxylic acid groups (broad SMARTS) is 1. The van der Waals surface area contributed by atoms with Crippen molar-refractivity contribution in [2.45, 2.75) is 39.7 Å². The summed E-state index contributed by atoms with van der Waals surface area (Å²) in [5, 5.41) is 13.0. The lowest BCUT2D eigenvalue weighted by atomic mass is 9.76. The highest BCUT2D eigenvalue weighted by Gasteiger charge is 2.33. The molecule has 0 saturated carbocycles. The first-order valence-corrected chi connectivity index (χ1v) is 9.87. The largest absolute Gasteiger partial charge is 0.497 e. The van der Waals surface area contributed by atoms with E-state index in [1.165, 1.54) is 18.4 Å². The third-order valence-corrected chi connectivity index (χ3v) is 6.28. The van der Waals surface area contributed by atoms with Crippen molar-refractivity contribution in [3.63, 3.8) is 0 Å². The number of hydrogen-bond acceptors (Lipinski definition) is 6. The summed E-state index contributed by atoms with van der Waals surface area (Å²) in [7, 11) is 1.52. The number of hydrogen-bond donors (Lipinski definition) is 4. The zero-order valence-corrected chi connectivity index (χ0v) is 17.0. The lowest BCUT2D eigenvalue weighted by Crippen LogP contribution is -2.24. The maximum atomic E-state index is 13.0. The number of carbonyl (C=O) groups is 2. The molecule has 3 rings (SSSR count). The Balaban J connectivity index is 1.97. The molecule has 0 spiro atoms. The molecular weight excluding hydrogens is 378 g/mol. The van der Waals surface area contributed by atoms with Gasteiger partial charge < -0.3 is 15.2 Å². The van der Waals surface area contributed by atoms with Gasteiger partial charge in [-0.2, -0.15) is 0 Å². The molecule has 1 heterocycles. The summed E-state index contributed by atoms with van der Waals surface area (Å²) in [6.45, 7) is 4.58. The molecule has 1 aromatic carbocycles. The number of methoxy groups -OCH3 is 1. The number of carboxylic acids is 1. The molecule has 5 N–H and O–H groups in total. The molecular formula is C20H25N3O4S. The number of nitrogens with two attached hydrogens (primary N) is 1. The molecule has 2 aromatic rings. The molecule has 0 saturated heterocycles. The molecule has 1 amide bonds. The third-order valence-electron chi connectivity index (χ3n) is 5.07. The number of aromatic carboxylic acids is 1. The van der Waals surface area contributed by atoms with Crippen molar-refractivity contribution in [1.29, 1.82) is 0 Å². The fraction of sp³-hybridized carbons (Fsp3) is 0.400. The topological polar surface area (TPSA) is 114 Å². The number of carbonyl (C=O) groups excluding carboxylic acids is 1. The lowest BCUT2D eigenvalue weighted by Gasteiger charge is -2.29. The van der Waals surface area contributed by atoms with Gasteiger partial charge in [0.15, 0.2) is 0 Å². The Morgan fingerprint density at radius 2 is 2.11 bits per heavy atom. The van der Waals surface area contributed by atoms with Crippen LogP contribution in [-0.4, -0.2) is 24.1 Å². The van der Waals surface area contributed by atoms with Gasteiger partial charge in [-0.1, -0.05) is 19.9 Å². The minimum absolute atomic E-state index is 0.0479.